The zero-order chi connectivity index (χ0) is 12.7. The fourth-order valence-corrected chi connectivity index (χ4v) is 2.55. The van der Waals surface area contributed by atoms with Gasteiger partial charge in [-0.15, -0.1) is 0 Å². The summed E-state index contributed by atoms with van der Waals surface area (Å²) in [7, 11) is 1.93. The smallest absolute Gasteiger partial charge is 0.106 e. The predicted molar refractivity (Wildman–Crippen MR) is 75.3 cm³/mol. The van der Waals surface area contributed by atoms with Crippen molar-refractivity contribution >= 4 is 26.8 Å². The molecule has 3 heterocycles. The summed E-state index contributed by atoms with van der Waals surface area (Å²) in [5.41, 5.74) is 3.48. The summed E-state index contributed by atoms with van der Waals surface area (Å²) < 4.78 is 4.88. The van der Waals surface area contributed by atoms with Gasteiger partial charge in [0.1, 0.15) is 4.60 Å². The highest BCUT2D eigenvalue weighted by atomic mass is 79.9. The second-order valence-electron chi connectivity index (χ2n) is 4.26. The van der Waals surface area contributed by atoms with Gasteiger partial charge in [-0.3, -0.25) is 4.68 Å². The van der Waals surface area contributed by atoms with Crippen molar-refractivity contribution < 1.29 is 0 Å². The molecule has 4 nitrogen and oxygen atoms in total. The molecule has 0 N–H and O–H groups in total. The molecule has 0 aliphatic heterocycles. The lowest BCUT2D eigenvalue weighted by Crippen LogP contribution is -1.90. The molecule has 0 aromatic carbocycles. The Morgan fingerprint density at radius 2 is 2.11 bits per heavy atom. The first kappa shape index (κ1) is 11.5. The Hall–Kier alpha value is -1.62. The zero-order valence-electron chi connectivity index (χ0n) is 10.3. The van der Waals surface area contributed by atoms with Gasteiger partial charge in [0.2, 0.25) is 0 Å². The van der Waals surface area contributed by atoms with Gasteiger partial charge in [-0.1, -0.05) is 0 Å². The van der Waals surface area contributed by atoms with Crippen LogP contribution in [0.2, 0.25) is 0 Å². The highest BCUT2D eigenvalue weighted by Crippen LogP contribution is 2.31. The van der Waals surface area contributed by atoms with Crippen molar-refractivity contribution in [1.29, 1.82) is 0 Å². The van der Waals surface area contributed by atoms with Crippen molar-refractivity contribution in [2.45, 2.75) is 13.5 Å². The minimum absolute atomic E-state index is 0.856. The van der Waals surface area contributed by atoms with E-state index in [2.05, 4.69) is 49.8 Å². The quantitative estimate of drug-likeness (QED) is 0.682. The van der Waals surface area contributed by atoms with E-state index in [1.54, 1.807) is 0 Å². The van der Waals surface area contributed by atoms with E-state index in [-0.39, 0.29) is 0 Å². The van der Waals surface area contributed by atoms with Crippen LogP contribution in [-0.2, 0) is 13.6 Å². The number of fused-ring (bicyclic) bond motifs is 1. The molecule has 0 spiro atoms. The van der Waals surface area contributed by atoms with Crippen molar-refractivity contribution in [1.82, 2.24) is 19.3 Å². The molecule has 0 bridgehead atoms. The number of pyridine rings is 1. The van der Waals surface area contributed by atoms with Crippen LogP contribution in [0.5, 0.6) is 0 Å². The first-order valence-corrected chi connectivity index (χ1v) is 6.61. The Bertz CT molecular complexity index is 711. The van der Waals surface area contributed by atoms with E-state index >= 15 is 0 Å². The van der Waals surface area contributed by atoms with E-state index in [4.69, 9.17) is 0 Å². The van der Waals surface area contributed by atoms with Crippen LogP contribution >= 0.6 is 15.9 Å². The number of aromatic nitrogens is 4. The largest absolute Gasteiger partial charge is 0.346 e. The molecule has 3 rings (SSSR count). The van der Waals surface area contributed by atoms with Gasteiger partial charge < -0.3 is 4.57 Å². The van der Waals surface area contributed by atoms with Crippen LogP contribution in [0.25, 0.3) is 22.0 Å². The van der Waals surface area contributed by atoms with Gasteiger partial charge in [-0.2, -0.15) is 5.10 Å². The molecule has 0 saturated heterocycles. The highest BCUT2D eigenvalue weighted by molar-refractivity contribution is 9.10. The van der Waals surface area contributed by atoms with E-state index in [9.17, 15) is 0 Å². The molecule has 0 atom stereocenters. The first-order chi connectivity index (χ1) is 8.69. The Morgan fingerprint density at radius 1 is 1.28 bits per heavy atom. The van der Waals surface area contributed by atoms with Gasteiger partial charge in [0, 0.05) is 42.5 Å². The number of nitrogens with zero attached hydrogens (tertiary/aromatic N) is 4. The molecular weight excluding hydrogens is 292 g/mol. The third-order valence-corrected chi connectivity index (χ3v) is 3.52. The van der Waals surface area contributed by atoms with Crippen molar-refractivity contribution in [2.24, 2.45) is 7.05 Å². The zero-order valence-corrected chi connectivity index (χ0v) is 11.8. The lowest BCUT2D eigenvalue weighted by molar-refractivity contribution is 0.768. The van der Waals surface area contributed by atoms with Crippen LogP contribution in [-0.4, -0.2) is 19.3 Å². The molecule has 0 saturated carbocycles. The molecule has 0 unspecified atom stereocenters. The second-order valence-corrected chi connectivity index (χ2v) is 5.07. The maximum Gasteiger partial charge on any atom is 0.106 e. The lowest BCUT2D eigenvalue weighted by Gasteiger charge is -1.98. The van der Waals surface area contributed by atoms with Crippen molar-refractivity contribution in [3.8, 4) is 11.1 Å². The van der Waals surface area contributed by atoms with E-state index in [1.807, 2.05) is 30.3 Å². The summed E-state index contributed by atoms with van der Waals surface area (Å²) in [6.45, 7) is 3.06. The minimum Gasteiger partial charge on any atom is -0.346 e. The summed E-state index contributed by atoms with van der Waals surface area (Å²) in [4.78, 5) is 4.30. The van der Waals surface area contributed by atoms with E-state index < -0.39 is 0 Å². The van der Waals surface area contributed by atoms with Crippen molar-refractivity contribution in [2.75, 3.05) is 0 Å². The summed E-state index contributed by atoms with van der Waals surface area (Å²) in [6, 6.07) is 2.06. The SMILES string of the molecule is CCn1cc(-c2cnn(C)c2)c2cc(Br)ncc21. The first-order valence-electron chi connectivity index (χ1n) is 5.82. The molecule has 0 fully saturated rings. The molecule has 0 aliphatic carbocycles. The number of hydrogen-bond acceptors (Lipinski definition) is 2. The molecule has 3 aromatic heterocycles. The van der Waals surface area contributed by atoms with Crippen LogP contribution < -0.4 is 0 Å². The average molecular weight is 305 g/mol. The fourth-order valence-electron chi connectivity index (χ4n) is 2.21. The van der Waals surface area contributed by atoms with Crippen LogP contribution in [0.1, 0.15) is 6.92 Å². The topological polar surface area (TPSA) is 35.6 Å². The Balaban J connectivity index is 2.31. The van der Waals surface area contributed by atoms with Crippen LogP contribution in [0.4, 0.5) is 0 Å². The van der Waals surface area contributed by atoms with E-state index in [1.165, 1.54) is 10.9 Å². The van der Waals surface area contributed by atoms with E-state index in [0.717, 1.165) is 22.2 Å². The summed E-state index contributed by atoms with van der Waals surface area (Å²) >= 11 is 3.43. The van der Waals surface area contributed by atoms with Gasteiger partial charge in [0.25, 0.3) is 0 Å². The van der Waals surface area contributed by atoms with Crippen LogP contribution in [0, 0.1) is 0 Å². The number of rotatable bonds is 2. The molecule has 18 heavy (non-hydrogen) atoms. The average Bonchev–Trinajstić information content (AvgIpc) is 2.92. The summed E-state index contributed by atoms with van der Waals surface area (Å²) in [5, 5.41) is 5.44. The molecule has 0 amide bonds. The Morgan fingerprint density at radius 3 is 2.78 bits per heavy atom. The highest BCUT2D eigenvalue weighted by Gasteiger charge is 2.11. The second kappa shape index (κ2) is 4.24. The third kappa shape index (κ3) is 1.75. The maximum atomic E-state index is 4.30. The van der Waals surface area contributed by atoms with Gasteiger partial charge in [-0.05, 0) is 28.9 Å². The fraction of sp³-hybridized carbons (Fsp3) is 0.231. The summed E-state index contributed by atoms with van der Waals surface area (Å²) in [5.74, 6) is 0. The molecular formula is C13H13BrN4. The molecule has 5 heteroatoms. The normalized spacial score (nSPS) is 11.3. The monoisotopic (exact) mass is 304 g/mol. The van der Waals surface area contributed by atoms with Crippen LogP contribution in [0.15, 0.2) is 35.5 Å². The Kier molecular flexibility index (Phi) is 2.70. The number of aryl methyl sites for hydroxylation is 2. The van der Waals surface area contributed by atoms with Crippen LogP contribution in [0.3, 0.4) is 0 Å². The maximum absolute atomic E-state index is 4.30. The Labute approximate surface area is 113 Å². The van der Waals surface area contributed by atoms with Gasteiger partial charge >= 0.3 is 0 Å². The summed E-state index contributed by atoms with van der Waals surface area (Å²) in [6.07, 6.45) is 7.99. The molecule has 92 valence electrons. The number of hydrogen-bond donors (Lipinski definition) is 0. The molecule has 0 aliphatic rings. The number of halogens is 1. The van der Waals surface area contributed by atoms with Gasteiger partial charge in [0.15, 0.2) is 0 Å². The molecule has 3 aromatic rings. The predicted octanol–water partition coefficient (Wildman–Crippen LogP) is 3.22. The third-order valence-electron chi connectivity index (χ3n) is 3.09. The van der Waals surface area contributed by atoms with Gasteiger partial charge in [0.05, 0.1) is 17.9 Å². The molecule has 0 radical (unpaired) electrons. The van der Waals surface area contributed by atoms with Gasteiger partial charge in [-0.25, -0.2) is 4.98 Å². The van der Waals surface area contributed by atoms with Crippen molar-refractivity contribution in [3.63, 3.8) is 0 Å². The standard InChI is InChI=1S/C13H13BrN4/c1-3-18-8-11(9-5-16-17(2)7-9)10-4-13(14)15-6-12(10)18/h4-8H,3H2,1-2H3. The minimum atomic E-state index is 0.856. The van der Waals surface area contributed by atoms with E-state index in [0.29, 0.717) is 0 Å². The van der Waals surface area contributed by atoms with Crippen molar-refractivity contribution in [3.05, 3.63) is 35.5 Å². The lowest BCUT2D eigenvalue weighted by atomic mass is 10.1.